The Hall–Kier alpha value is -6.19. The highest BCUT2D eigenvalue weighted by Crippen LogP contribution is 2.63. The molecule has 3 nitrogen and oxygen atoms in total. The van der Waals surface area contributed by atoms with Crippen molar-refractivity contribution in [3.8, 4) is 33.7 Å². The van der Waals surface area contributed by atoms with Gasteiger partial charge in [-0.15, -0.1) is 0 Å². The number of fused-ring (bicyclic) bond motifs is 10. The van der Waals surface area contributed by atoms with Crippen molar-refractivity contribution in [2.75, 3.05) is 4.90 Å². The molecule has 0 saturated carbocycles. The predicted molar refractivity (Wildman–Crippen MR) is 190 cm³/mol. The molecule has 2 aliphatic rings. The Morgan fingerprint density at radius 3 is 1.77 bits per heavy atom. The number of hydrogen-bond donors (Lipinski definition) is 0. The molecule has 1 aliphatic carbocycles. The fourth-order valence-electron chi connectivity index (χ4n) is 7.94. The lowest BCUT2D eigenvalue weighted by molar-refractivity contribution is 0.620. The molecule has 47 heavy (non-hydrogen) atoms. The van der Waals surface area contributed by atoms with Gasteiger partial charge < -0.3 is 9.32 Å². The number of hydrogen-bond acceptors (Lipinski definition) is 3. The van der Waals surface area contributed by atoms with E-state index in [4.69, 9.17) is 9.40 Å². The van der Waals surface area contributed by atoms with Crippen LogP contribution < -0.4 is 4.90 Å². The lowest BCUT2D eigenvalue weighted by atomic mass is 9.64. The molecule has 10 rings (SSSR count). The average Bonchev–Trinajstić information content (AvgIpc) is 3.70. The minimum atomic E-state index is -0.474. The maximum absolute atomic E-state index is 6.06. The average molecular weight is 601 g/mol. The molecule has 0 amide bonds. The van der Waals surface area contributed by atoms with Crippen LogP contribution in [0, 0.1) is 0 Å². The SMILES string of the molecule is c1ccc(N2c3ccccc3C3(c4ccccc4-c4ccc(-c5ccc(-c6nc7ccccc7o6)cc5)cc43)c3ccccc32)cc1. The van der Waals surface area contributed by atoms with E-state index in [1.54, 1.807) is 0 Å². The number of rotatable bonds is 3. The highest BCUT2D eigenvalue weighted by atomic mass is 16.3. The largest absolute Gasteiger partial charge is 0.436 e. The van der Waals surface area contributed by atoms with Gasteiger partial charge >= 0.3 is 0 Å². The van der Waals surface area contributed by atoms with E-state index in [1.165, 1.54) is 50.3 Å². The molecule has 2 heterocycles. The number of anilines is 3. The zero-order valence-corrected chi connectivity index (χ0v) is 25.5. The van der Waals surface area contributed by atoms with E-state index in [1.807, 2.05) is 24.3 Å². The van der Waals surface area contributed by atoms with Crippen LogP contribution in [-0.2, 0) is 5.41 Å². The summed E-state index contributed by atoms with van der Waals surface area (Å²) in [7, 11) is 0. The summed E-state index contributed by atoms with van der Waals surface area (Å²) in [5.74, 6) is 0.638. The number of benzene rings is 7. The van der Waals surface area contributed by atoms with E-state index < -0.39 is 5.41 Å². The normalized spacial score (nSPS) is 13.7. The van der Waals surface area contributed by atoms with Crippen molar-refractivity contribution in [1.82, 2.24) is 4.98 Å². The Morgan fingerprint density at radius 2 is 1.02 bits per heavy atom. The van der Waals surface area contributed by atoms with Gasteiger partial charge in [-0.05, 0) is 99.1 Å². The molecule has 0 unspecified atom stereocenters. The first kappa shape index (κ1) is 26.1. The first-order valence-electron chi connectivity index (χ1n) is 16.1. The first-order chi connectivity index (χ1) is 23.3. The predicted octanol–water partition coefficient (Wildman–Crippen LogP) is 11.3. The summed E-state index contributed by atoms with van der Waals surface area (Å²) in [5.41, 5.74) is 15.8. The maximum atomic E-state index is 6.06. The minimum absolute atomic E-state index is 0.474. The first-order valence-corrected chi connectivity index (χ1v) is 16.1. The molecule has 0 bridgehead atoms. The van der Waals surface area contributed by atoms with Crippen LogP contribution in [0.3, 0.4) is 0 Å². The Bertz CT molecular complexity index is 2390. The fraction of sp³-hybridized carbons (Fsp3) is 0.0227. The summed E-state index contributed by atoms with van der Waals surface area (Å²) < 4.78 is 6.06. The second kappa shape index (κ2) is 9.90. The molecule has 1 aromatic heterocycles. The van der Waals surface area contributed by atoms with E-state index in [9.17, 15) is 0 Å². The lowest BCUT2D eigenvalue weighted by Crippen LogP contribution is -2.36. The van der Waals surface area contributed by atoms with Gasteiger partial charge in [0.1, 0.15) is 5.52 Å². The Morgan fingerprint density at radius 1 is 0.447 bits per heavy atom. The number of para-hydroxylation sites is 5. The van der Waals surface area contributed by atoms with Crippen LogP contribution in [0.25, 0.3) is 44.8 Å². The van der Waals surface area contributed by atoms with Gasteiger partial charge in [0, 0.05) is 11.3 Å². The highest BCUT2D eigenvalue weighted by molar-refractivity contribution is 5.96. The van der Waals surface area contributed by atoms with Crippen LogP contribution in [-0.4, -0.2) is 4.98 Å². The second-order valence-corrected chi connectivity index (χ2v) is 12.3. The van der Waals surface area contributed by atoms with Gasteiger partial charge in [0.05, 0.1) is 16.8 Å². The van der Waals surface area contributed by atoms with Gasteiger partial charge in [0.2, 0.25) is 5.89 Å². The van der Waals surface area contributed by atoms with E-state index in [2.05, 4.69) is 150 Å². The standard InChI is InChI=1S/C44H28N2O/c1-2-12-32(13-3-1)46-40-19-9-6-16-36(40)44(37-17-7-10-20-41(37)46)35-15-5-4-14-33(35)34-27-26-31(28-38(34)44)29-22-24-30(25-23-29)43-45-39-18-8-11-21-42(39)47-43/h1-28H. The molecular weight excluding hydrogens is 572 g/mol. The van der Waals surface area contributed by atoms with Crippen molar-refractivity contribution in [2.24, 2.45) is 0 Å². The summed E-state index contributed by atoms with van der Waals surface area (Å²) in [6.07, 6.45) is 0. The molecule has 7 aromatic carbocycles. The third-order valence-electron chi connectivity index (χ3n) is 9.92. The molecule has 0 fully saturated rings. The van der Waals surface area contributed by atoms with Crippen LogP contribution in [0.4, 0.5) is 17.1 Å². The zero-order valence-electron chi connectivity index (χ0n) is 25.5. The van der Waals surface area contributed by atoms with Crippen LogP contribution >= 0.6 is 0 Å². The van der Waals surface area contributed by atoms with Gasteiger partial charge in [-0.2, -0.15) is 0 Å². The van der Waals surface area contributed by atoms with Crippen molar-refractivity contribution < 1.29 is 4.42 Å². The van der Waals surface area contributed by atoms with Gasteiger partial charge in [0.15, 0.2) is 5.58 Å². The topological polar surface area (TPSA) is 29.3 Å². The molecule has 3 heteroatoms. The second-order valence-electron chi connectivity index (χ2n) is 12.3. The van der Waals surface area contributed by atoms with Crippen LogP contribution in [0.2, 0.25) is 0 Å². The summed E-state index contributed by atoms with van der Waals surface area (Å²) in [6, 6.07) is 61.1. The van der Waals surface area contributed by atoms with Gasteiger partial charge in [0.25, 0.3) is 0 Å². The third-order valence-corrected chi connectivity index (χ3v) is 9.92. The third kappa shape index (κ3) is 3.65. The zero-order chi connectivity index (χ0) is 31.0. The fourth-order valence-corrected chi connectivity index (χ4v) is 7.94. The van der Waals surface area contributed by atoms with Crippen molar-refractivity contribution in [3.05, 3.63) is 192 Å². The summed E-state index contributed by atoms with van der Waals surface area (Å²) in [5, 5.41) is 0. The van der Waals surface area contributed by atoms with Crippen molar-refractivity contribution in [1.29, 1.82) is 0 Å². The molecule has 220 valence electrons. The maximum Gasteiger partial charge on any atom is 0.227 e. The molecule has 8 aromatic rings. The molecule has 0 radical (unpaired) electrons. The summed E-state index contributed by atoms with van der Waals surface area (Å²) in [6.45, 7) is 0. The van der Waals surface area contributed by atoms with Crippen molar-refractivity contribution in [2.45, 2.75) is 5.41 Å². The molecule has 0 atom stereocenters. The van der Waals surface area contributed by atoms with Gasteiger partial charge in [-0.1, -0.05) is 115 Å². The van der Waals surface area contributed by atoms with E-state index in [0.717, 1.165) is 27.9 Å². The number of nitrogens with zero attached hydrogens (tertiary/aromatic N) is 2. The van der Waals surface area contributed by atoms with Crippen LogP contribution in [0.15, 0.2) is 174 Å². The van der Waals surface area contributed by atoms with Crippen LogP contribution in [0.5, 0.6) is 0 Å². The van der Waals surface area contributed by atoms with E-state index >= 15 is 0 Å². The number of oxazole rings is 1. The summed E-state index contributed by atoms with van der Waals surface area (Å²) >= 11 is 0. The molecule has 1 aliphatic heterocycles. The molecule has 0 N–H and O–H groups in total. The lowest BCUT2D eigenvalue weighted by Gasteiger charge is -2.45. The smallest absolute Gasteiger partial charge is 0.227 e. The number of aromatic nitrogens is 1. The minimum Gasteiger partial charge on any atom is -0.436 e. The van der Waals surface area contributed by atoms with Crippen molar-refractivity contribution in [3.63, 3.8) is 0 Å². The Balaban J connectivity index is 1.19. The Kier molecular flexibility index (Phi) is 5.49. The molecule has 0 saturated heterocycles. The van der Waals surface area contributed by atoms with Gasteiger partial charge in [-0.3, -0.25) is 0 Å². The molecule has 1 spiro atoms. The van der Waals surface area contributed by atoms with Gasteiger partial charge in [-0.25, -0.2) is 4.98 Å². The van der Waals surface area contributed by atoms with Crippen LogP contribution in [0.1, 0.15) is 22.3 Å². The quantitative estimate of drug-likeness (QED) is 0.202. The summed E-state index contributed by atoms with van der Waals surface area (Å²) in [4.78, 5) is 7.13. The Labute approximate surface area is 273 Å². The highest BCUT2D eigenvalue weighted by Gasteiger charge is 2.51. The van der Waals surface area contributed by atoms with Crippen molar-refractivity contribution >= 4 is 28.2 Å². The van der Waals surface area contributed by atoms with E-state index in [0.29, 0.717) is 5.89 Å². The molecular formula is C44H28N2O. The monoisotopic (exact) mass is 600 g/mol. The van der Waals surface area contributed by atoms with E-state index in [-0.39, 0.29) is 0 Å².